The zero-order valence-electron chi connectivity index (χ0n) is 16.1. The molecule has 2 aromatic carbocycles. The van der Waals surface area contributed by atoms with E-state index in [2.05, 4.69) is 18.4 Å². The number of hydrogen-bond acceptors (Lipinski definition) is 1. The maximum atomic E-state index is 13.3. The van der Waals surface area contributed by atoms with Crippen LogP contribution >= 0.6 is 0 Å². The van der Waals surface area contributed by atoms with Crippen LogP contribution in [0.4, 0.5) is 8.78 Å². The summed E-state index contributed by atoms with van der Waals surface area (Å²) < 4.78 is 34.4. The minimum absolute atomic E-state index is 0.253. The van der Waals surface area contributed by atoms with Crippen LogP contribution in [-0.2, 0) is 4.74 Å². The predicted molar refractivity (Wildman–Crippen MR) is 107 cm³/mol. The zero-order valence-corrected chi connectivity index (χ0v) is 16.1. The summed E-state index contributed by atoms with van der Waals surface area (Å²) in [6.45, 7) is 8.28. The number of nitrogens with zero attached hydrogens (tertiary/aromatic N) is 1. The summed E-state index contributed by atoms with van der Waals surface area (Å²) in [5.74, 6) is 0.141. The molecule has 0 N–H and O–H groups in total. The molecule has 0 aliphatic heterocycles. The molecule has 27 heavy (non-hydrogen) atoms. The monoisotopic (exact) mass is 370 g/mol. The Morgan fingerprint density at radius 1 is 0.852 bits per heavy atom. The van der Waals surface area contributed by atoms with Gasteiger partial charge in [-0.1, -0.05) is 6.08 Å². The highest BCUT2D eigenvalue weighted by atomic mass is 19.1. The number of halogens is 2. The fourth-order valence-electron chi connectivity index (χ4n) is 2.79. The van der Waals surface area contributed by atoms with E-state index in [9.17, 15) is 8.78 Å². The normalized spacial score (nSPS) is 11.7. The standard InChI is InChI=1S/C23H26F2NO/c1-4-26(5-2)22(18-10-14-20(24)15-11-18)8-7-9-23(27-6-3)19-12-16-21(25)17-13-19/h7-17H,4-6H2,1-3H3/q+1/b8-7+,23-9-. The van der Waals surface area contributed by atoms with Gasteiger partial charge in [0.1, 0.15) is 30.5 Å². The molecule has 0 bridgehead atoms. The highest BCUT2D eigenvalue weighted by molar-refractivity contribution is 6.05. The van der Waals surface area contributed by atoms with Crippen molar-refractivity contribution in [2.24, 2.45) is 0 Å². The van der Waals surface area contributed by atoms with Gasteiger partial charge in [-0.2, -0.15) is 0 Å². The Labute approximate surface area is 160 Å². The third-order valence-corrected chi connectivity index (χ3v) is 4.17. The van der Waals surface area contributed by atoms with Gasteiger partial charge in [0.15, 0.2) is 0 Å². The summed E-state index contributed by atoms with van der Waals surface area (Å²) >= 11 is 0. The van der Waals surface area contributed by atoms with Crippen LogP contribution in [0.15, 0.2) is 66.8 Å². The fourth-order valence-corrected chi connectivity index (χ4v) is 2.79. The van der Waals surface area contributed by atoms with Crippen molar-refractivity contribution in [3.05, 3.63) is 89.5 Å². The van der Waals surface area contributed by atoms with E-state index in [4.69, 9.17) is 4.74 Å². The molecule has 2 aromatic rings. The van der Waals surface area contributed by atoms with Gasteiger partial charge < -0.3 is 4.74 Å². The van der Waals surface area contributed by atoms with Crippen molar-refractivity contribution >= 4 is 11.5 Å². The number of ether oxygens (including phenoxy) is 1. The summed E-state index contributed by atoms with van der Waals surface area (Å²) in [5.41, 5.74) is 2.77. The zero-order chi connectivity index (χ0) is 19.6. The van der Waals surface area contributed by atoms with E-state index >= 15 is 0 Å². The van der Waals surface area contributed by atoms with Crippen molar-refractivity contribution in [2.45, 2.75) is 20.8 Å². The summed E-state index contributed by atoms with van der Waals surface area (Å²) in [5, 5.41) is 0. The van der Waals surface area contributed by atoms with E-state index in [1.807, 2.05) is 25.2 Å². The molecular weight excluding hydrogens is 344 g/mol. The largest absolute Gasteiger partial charge is 0.493 e. The first-order valence-corrected chi connectivity index (χ1v) is 9.23. The maximum Gasteiger partial charge on any atom is 0.207 e. The minimum atomic E-state index is -0.279. The van der Waals surface area contributed by atoms with Gasteiger partial charge in [0.05, 0.1) is 6.61 Å². The molecule has 0 aromatic heterocycles. The van der Waals surface area contributed by atoms with Crippen LogP contribution in [0.25, 0.3) is 5.76 Å². The molecule has 0 heterocycles. The molecule has 0 saturated carbocycles. The Morgan fingerprint density at radius 2 is 1.37 bits per heavy atom. The predicted octanol–water partition coefficient (Wildman–Crippen LogP) is 5.44. The van der Waals surface area contributed by atoms with Gasteiger partial charge in [-0.25, -0.2) is 13.4 Å². The summed E-state index contributed by atoms with van der Waals surface area (Å²) in [6, 6.07) is 12.7. The van der Waals surface area contributed by atoms with Crippen LogP contribution in [-0.4, -0.2) is 30.0 Å². The molecule has 0 spiro atoms. The first-order valence-electron chi connectivity index (χ1n) is 9.23. The van der Waals surface area contributed by atoms with E-state index in [0.717, 1.165) is 29.9 Å². The lowest BCUT2D eigenvalue weighted by molar-refractivity contribution is -0.519. The first kappa shape index (κ1) is 20.6. The van der Waals surface area contributed by atoms with Crippen molar-refractivity contribution in [1.82, 2.24) is 0 Å². The number of benzene rings is 2. The minimum Gasteiger partial charge on any atom is -0.493 e. The lowest BCUT2D eigenvalue weighted by Crippen LogP contribution is -2.20. The Kier molecular flexibility index (Phi) is 7.93. The van der Waals surface area contributed by atoms with E-state index in [-0.39, 0.29) is 11.6 Å². The second-order valence-electron chi connectivity index (χ2n) is 5.89. The van der Waals surface area contributed by atoms with Gasteiger partial charge in [-0.3, -0.25) is 0 Å². The SMILES string of the molecule is CCO/C(=C\C=C\C(c1ccc(F)cc1)=[N+](CC)CC)c1ccc(F)cc1. The lowest BCUT2D eigenvalue weighted by atomic mass is 10.1. The van der Waals surface area contributed by atoms with Gasteiger partial charge in [0.25, 0.3) is 0 Å². The van der Waals surface area contributed by atoms with E-state index < -0.39 is 0 Å². The number of allylic oxidation sites excluding steroid dienone is 3. The molecule has 2 nitrogen and oxygen atoms in total. The van der Waals surface area contributed by atoms with Gasteiger partial charge in [0, 0.05) is 17.2 Å². The van der Waals surface area contributed by atoms with Crippen LogP contribution in [0, 0.1) is 11.6 Å². The molecule has 0 aliphatic carbocycles. The molecule has 2 rings (SSSR count). The summed E-state index contributed by atoms with van der Waals surface area (Å²) in [6.07, 6.45) is 5.76. The highest BCUT2D eigenvalue weighted by Gasteiger charge is 2.11. The molecule has 0 atom stereocenters. The van der Waals surface area contributed by atoms with E-state index in [1.54, 1.807) is 24.3 Å². The molecule has 142 valence electrons. The lowest BCUT2D eigenvalue weighted by Gasteiger charge is -2.08. The average Bonchev–Trinajstić information content (AvgIpc) is 2.68. The van der Waals surface area contributed by atoms with Crippen molar-refractivity contribution in [3.8, 4) is 0 Å². The Balaban J connectivity index is 2.38. The summed E-state index contributed by atoms with van der Waals surface area (Å²) in [7, 11) is 0. The van der Waals surface area contributed by atoms with Gasteiger partial charge in [-0.15, -0.1) is 0 Å². The van der Waals surface area contributed by atoms with Crippen molar-refractivity contribution in [1.29, 1.82) is 0 Å². The molecular formula is C23H26F2NO+. The second kappa shape index (κ2) is 10.4. The fraction of sp³-hybridized carbons (Fsp3) is 0.261. The molecule has 0 fully saturated rings. The average molecular weight is 370 g/mol. The van der Waals surface area contributed by atoms with Crippen molar-refractivity contribution < 1.29 is 18.1 Å². The van der Waals surface area contributed by atoms with E-state index in [1.165, 1.54) is 24.3 Å². The van der Waals surface area contributed by atoms with Gasteiger partial charge in [0.2, 0.25) is 5.71 Å². The second-order valence-corrected chi connectivity index (χ2v) is 5.89. The van der Waals surface area contributed by atoms with Crippen LogP contribution in [0.1, 0.15) is 31.9 Å². The van der Waals surface area contributed by atoms with Gasteiger partial charge in [-0.05, 0) is 75.4 Å². The third-order valence-electron chi connectivity index (χ3n) is 4.17. The molecule has 0 saturated heterocycles. The molecule has 0 amide bonds. The van der Waals surface area contributed by atoms with E-state index in [0.29, 0.717) is 12.4 Å². The number of rotatable bonds is 8. The Hall–Kier alpha value is -2.75. The van der Waals surface area contributed by atoms with Crippen LogP contribution < -0.4 is 0 Å². The van der Waals surface area contributed by atoms with Crippen LogP contribution in [0.3, 0.4) is 0 Å². The Morgan fingerprint density at radius 3 is 1.85 bits per heavy atom. The summed E-state index contributed by atoms with van der Waals surface area (Å²) in [4.78, 5) is 0. The maximum absolute atomic E-state index is 13.3. The quantitative estimate of drug-likeness (QED) is 0.261. The van der Waals surface area contributed by atoms with Crippen molar-refractivity contribution in [3.63, 3.8) is 0 Å². The molecule has 0 aliphatic rings. The van der Waals surface area contributed by atoms with Crippen LogP contribution in [0.5, 0.6) is 0 Å². The molecule has 0 radical (unpaired) electrons. The smallest absolute Gasteiger partial charge is 0.207 e. The Bertz CT molecular complexity index is 812. The topological polar surface area (TPSA) is 12.2 Å². The molecule has 0 unspecified atom stereocenters. The van der Waals surface area contributed by atoms with Gasteiger partial charge >= 0.3 is 0 Å². The third kappa shape index (κ3) is 5.88. The highest BCUT2D eigenvalue weighted by Crippen LogP contribution is 2.17. The number of hydrogen-bond donors (Lipinski definition) is 0. The van der Waals surface area contributed by atoms with Crippen molar-refractivity contribution in [2.75, 3.05) is 19.7 Å². The van der Waals surface area contributed by atoms with Crippen LogP contribution in [0.2, 0.25) is 0 Å². The first-order chi connectivity index (χ1) is 13.1. The molecule has 4 heteroatoms.